The van der Waals surface area contributed by atoms with Gasteiger partial charge in [-0.3, -0.25) is 0 Å². The molecule has 0 atom stereocenters. The Labute approximate surface area is 116 Å². The van der Waals surface area contributed by atoms with Crippen LogP contribution >= 0.6 is 0 Å². The lowest BCUT2D eigenvalue weighted by atomic mass is 9.54. The molecule has 0 aromatic heterocycles. The minimum atomic E-state index is 0.928. The van der Waals surface area contributed by atoms with Gasteiger partial charge < -0.3 is 0 Å². The second kappa shape index (κ2) is 4.23. The summed E-state index contributed by atoms with van der Waals surface area (Å²) in [6, 6.07) is 6.98. The van der Waals surface area contributed by atoms with Crippen molar-refractivity contribution in [3.05, 3.63) is 40.5 Å². The summed E-state index contributed by atoms with van der Waals surface area (Å²) in [5.74, 6) is 3.99. The fraction of sp³-hybridized carbons (Fsp3) is 0.579. The normalized spacial score (nSPS) is 35.8. The van der Waals surface area contributed by atoms with Crippen molar-refractivity contribution in [1.29, 1.82) is 0 Å². The van der Waals surface area contributed by atoms with Crippen molar-refractivity contribution < 1.29 is 0 Å². The van der Waals surface area contributed by atoms with Gasteiger partial charge in [-0.25, -0.2) is 0 Å². The van der Waals surface area contributed by atoms with Crippen LogP contribution in [0.5, 0.6) is 0 Å². The Morgan fingerprint density at radius 2 is 1.32 bits per heavy atom. The fourth-order valence-electron chi connectivity index (χ4n) is 5.25. The average Bonchev–Trinajstić information content (AvgIpc) is 2.31. The molecule has 4 aliphatic rings. The molecule has 0 aliphatic heterocycles. The van der Waals surface area contributed by atoms with E-state index in [2.05, 4.69) is 38.1 Å². The summed E-state index contributed by atoms with van der Waals surface area (Å²) in [5.41, 5.74) is 6.04. The van der Waals surface area contributed by atoms with E-state index in [4.69, 9.17) is 0 Å². The maximum absolute atomic E-state index is 2.55. The van der Waals surface area contributed by atoms with Crippen LogP contribution in [0.25, 0.3) is 6.08 Å². The summed E-state index contributed by atoms with van der Waals surface area (Å²) in [6.07, 6.45) is 10.1. The Hall–Kier alpha value is -1.04. The topological polar surface area (TPSA) is 0 Å². The van der Waals surface area contributed by atoms with E-state index in [1.165, 1.54) is 42.4 Å². The Morgan fingerprint density at radius 3 is 1.84 bits per heavy atom. The molecule has 100 valence electrons. The molecule has 0 radical (unpaired) electrons. The molecule has 4 saturated carbocycles. The minimum absolute atomic E-state index is 0.928. The van der Waals surface area contributed by atoms with Gasteiger partial charge >= 0.3 is 0 Å². The maximum Gasteiger partial charge on any atom is -0.0192 e. The van der Waals surface area contributed by atoms with Crippen molar-refractivity contribution >= 4 is 6.08 Å². The molecular weight excluding hydrogens is 228 g/mol. The van der Waals surface area contributed by atoms with Crippen LogP contribution in [0.2, 0.25) is 0 Å². The molecule has 0 N–H and O–H groups in total. The molecule has 19 heavy (non-hydrogen) atoms. The highest BCUT2D eigenvalue weighted by molar-refractivity contribution is 5.57. The molecule has 0 spiro atoms. The molecule has 1 aromatic carbocycles. The number of rotatable bonds is 1. The maximum atomic E-state index is 2.55. The van der Waals surface area contributed by atoms with Crippen LogP contribution in [-0.4, -0.2) is 0 Å². The molecule has 4 aliphatic carbocycles. The molecule has 4 bridgehead atoms. The number of allylic oxidation sites excluding steroid dienone is 1. The van der Waals surface area contributed by atoms with Gasteiger partial charge in [-0.1, -0.05) is 41.0 Å². The monoisotopic (exact) mass is 252 g/mol. The highest BCUT2D eigenvalue weighted by atomic mass is 14.5. The van der Waals surface area contributed by atoms with Crippen LogP contribution in [0.3, 0.4) is 0 Å². The quantitative estimate of drug-likeness (QED) is 0.649. The highest BCUT2D eigenvalue weighted by Gasteiger charge is 2.44. The molecule has 0 saturated heterocycles. The fourth-order valence-corrected chi connectivity index (χ4v) is 5.25. The Morgan fingerprint density at radius 1 is 0.789 bits per heavy atom. The summed E-state index contributed by atoms with van der Waals surface area (Å²) < 4.78 is 0. The summed E-state index contributed by atoms with van der Waals surface area (Å²) in [6.45, 7) is 4.43. The van der Waals surface area contributed by atoms with Gasteiger partial charge in [-0.15, -0.1) is 0 Å². The van der Waals surface area contributed by atoms with E-state index in [0.717, 1.165) is 23.7 Å². The molecule has 0 nitrogen and oxygen atoms in total. The summed E-state index contributed by atoms with van der Waals surface area (Å²) >= 11 is 0. The van der Waals surface area contributed by atoms with E-state index in [-0.39, 0.29) is 0 Å². The van der Waals surface area contributed by atoms with Gasteiger partial charge in [0.1, 0.15) is 0 Å². The highest BCUT2D eigenvalue weighted by Crippen LogP contribution is 2.56. The lowest BCUT2D eigenvalue weighted by Crippen LogP contribution is -2.40. The zero-order valence-corrected chi connectivity index (χ0v) is 12.2. The largest absolute Gasteiger partial charge is 0.0634 e. The molecule has 0 heteroatoms. The first-order chi connectivity index (χ1) is 9.17. The number of benzene rings is 1. The molecule has 4 fully saturated rings. The van der Waals surface area contributed by atoms with Crippen LogP contribution in [-0.2, 0) is 0 Å². The van der Waals surface area contributed by atoms with Crippen molar-refractivity contribution in [2.75, 3.05) is 0 Å². The zero-order chi connectivity index (χ0) is 13.0. The van der Waals surface area contributed by atoms with E-state index in [0.29, 0.717) is 0 Å². The molecule has 0 unspecified atom stereocenters. The number of hydrogen-bond donors (Lipinski definition) is 0. The minimum Gasteiger partial charge on any atom is -0.0634 e. The smallest absolute Gasteiger partial charge is 0.0192 e. The second-order valence-corrected chi connectivity index (χ2v) is 7.37. The third-order valence-corrected chi connectivity index (χ3v) is 5.66. The molecule has 0 heterocycles. The summed E-state index contributed by atoms with van der Waals surface area (Å²) in [4.78, 5) is 0. The van der Waals surface area contributed by atoms with Gasteiger partial charge in [0.2, 0.25) is 0 Å². The average molecular weight is 252 g/mol. The summed E-state index contributed by atoms with van der Waals surface area (Å²) in [7, 11) is 0. The second-order valence-electron chi connectivity index (χ2n) is 7.37. The number of hydrogen-bond acceptors (Lipinski definition) is 0. The van der Waals surface area contributed by atoms with Crippen molar-refractivity contribution in [2.45, 2.75) is 46.0 Å². The third kappa shape index (κ3) is 2.06. The first-order valence-corrected chi connectivity index (χ1v) is 7.97. The van der Waals surface area contributed by atoms with Gasteiger partial charge in [0.15, 0.2) is 0 Å². The van der Waals surface area contributed by atoms with Crippen LogP contribution in [0.15, 0.2) is 23.8 Å². The van der Waals surface area contributed by atoms with Crippen LogP contribution in [0.4, 0.5) is 0 Å². The Bertz CT molecular complexity index is 485. The SMILES string of the molecule is Cc1cc(C)cc(C=C2C3CC4CC(C3)CC2C4)c1. The van der Waals surface area contributed by atoms with Crippen molar-refractivity contribution in [3.8, 4) is 0 Å². The lowest BCUT2D eigenvalue weighted by molar-refractivity contribution is 0.0710. The molecule has 5 rings (SSSR count). The van der Waals surface area contributed by atoms with Crippen LogP contribution in [0, 0.1) is 37.5 Å². The van der Waals surface area contributed by atoms with E-state index < -0.39 is 0 Å². The first-order valence-electron chi connectivity index (χ1n) is 7.97. The van der Waals surface area contributed by atoms with Crippen molar-refractivity contribution in [3.63, 3.8) is 0 Å². The van der Waals surface area contributed by atoms with Gasteiger partial charge in [-0.05, 0) is 75.2 Å². The van der Waals surface area contributed by atoms with Crippen molar-refractivity contribution in [1.82, 2.24) is 0 Å². The predicted octanol–water partition coefficient (Wildman–Crippen LogP) is 5.14. The van der Waals surface area contributed by atoms with Gasteiger partial charge in [0, 0.05) is 0 Å². The van der Waals surface area contributed by atoms with E-state index in [1.54, 1.807) is 12.0 Å². The van der Waals surface area contributed by atoms with Crippen molar-refractivity contribution in [2.24, 2.45) is 23.7 Å². The standard InChI is InChI=1S/C19H24/c1-12-3-13(2)5-14(4-12)11-19-17-7-15-6-16(9-17)10-18(19)8-15/h3-5,11,15-18H,6-10H2,1-2H3. The van der Waals surface area contributed by atoms with Gasteiger partial charge in [0.05, 0.1) is 0 Å². The van der Waals surface area contributed by atoms with Crippen LogP contribution < -0.4 is 0 Å². The first kappa shape index (κ1) is 11.8. The Balaban J connectivity index is 1.70. The van der Waals surface area contributed by atoms with E-state index >= 15 is 0 Å². The Kier molecular flexibility index (Phi) is 2.62. The van der Waals surface area contributed by atoms with Gasteiger partial charge in [0.25, 0.3) is 0 Å². The summed E-state index contributed by atoms with van der Waals surface area (Å²) in [5, 5.41) is 0. The van der Waals surface area contributed by atoms with Gasteiger partial charge in [-0.2, -0.15) is 0 Å². The third-order valence-electron chi connectivity index (χ3n) is 5.66. The number of aryl methyl sites for hydroxylation is 2. The lowest BCUT2D eigenvalue weighted by Gasteiger charge is -2.51. The molecular formula is C19H24. The van der Waals surface area contributed by atoms with Crippen LogP contribution in [0.1, 0.15) is 48.8 Å². The van der Waals surface area contributed by atoms with E-state index in [9.17, 15) is 0 Å². The predicted molar refractivity (Wildman–Crippen MR) is 80.9 cm³/mol. The zero-order valence-electron chi connectivity index (χ0n) is 12.2. The van der Waals surface area contributed by atoms with E-state index in [1.807, 2.05) is 0 Å². The molecule has 1 aromatic rings. The molecule has 0 amide bonds.